The van der Waals surface area contributed by atoms with E-state index in [0.717, 1.165) is 12.1 Å². The normalized spacial score (nSPS) is 12.9. The highest BCUT2D eigenvalue weighted by molar-refractivity contribution is 5.77. The third-order valence-corrected chi connectivity index (χ3v) is 1.91. The van der Waals surface area contributed by atoms with E-state index < -0.39 is 29.8 Å². The topological polar surface area (TPSA) is 35.5 Å². The number of para-hydroxylation sites is 1. The second-order valence-corrected chi connectivity index (χ2v) is 3.20. The lowest BCUT2D eigenvalue weighted by molar-refractivity contribution is -0.275. The molecule has 0 aromatic heterocycles. The Labute approximate surface area is 100 Å². The number of rotatable bonds is 4. The summed E-state index contributed by atoms with van der Waals surface area (Å²) in [7, 11) is 0. The summed E-state index contributed by atoms with van der Waals surface area (Å²) in [6, 6.07) is 4.49. The molecule has 18 heavy (non-hydrogen) atoms. The first kappa shape index (κ1) is 14.3. The van der Waals surface area contributed by atoms with Gasteiger partial charge in [0.25, 0.3) is 0 Å². The van der Waals surface area contributed by atoms with E-state index in [0.29, 0.717) is 0 Å². The van der Waals surface area contributed by atoms with Crippen LogP contribution in [0.5, 0.6) is 5.75 Å². The Balaban J connectivity index is 2.98. The van der Waals surface area contributed by atoms with Crippen LogP contribution in [0.1, 0.15) is 18.7 Å². The van der Waals surface area contributed by atoms with Crippen LogP contribution in [0.15, 0.2) is 24.3 Å². The molecule has 0 saturated heterocycles. The van der Waals surface area contributed by atoms with Crippen molar-refractivity contribution in [2.75, 3.05) is 6.61 Å². The van der Waals surface area contributed by atoms with Crippen molar-refractivity contribution in [2.24, 2.45) is 0 Å². The molecule has 0 N–H and O–H groups in total. The molecular weight excluding hydrogens is 256 g/mol. The van der Waals surface area contributed by atoms with Gasteiger partial charge in [-0.1, -0.05) is 18.2 Å². The molecule has 7 heteroatoms. The minimum absolute atomic E-state index is 0.0679. The van der Waals surface area contributed by atoms with Crippen LogP contribution in [0.4, 0.5) is 17.6 Å². The zero-order valence-electron chi connectivity index (χ0n) is 9.33. The molecule has 100 valence electrons. The van der Waals surface area contributed by atoms with E-state index in [2.05, 4.69) is 9.47 Å². The van der Waals surface area contributed by atoms with Gasteiger partial charge in [-0.15, -0.1) is 13.2 Å². The van der Waals surface area contributed by atoms with Gasteiger partial charge in [0.2, 0.25) is 6.17 Å². The van der Waals surface area contributed by atoms with E-state index in [1.807, 2.05) is 0 Å². The highest BCUT2D eigenvalue weighted by Crippen LogP contribution is 2.32. The summed E-state index contributed by atoms with van der Waals surface area (Å²) < 4.78 is 57.9. The second-order valence-electron chi connectivity index (χ2n) is 3.20. The van der Waals surface area contributed by atoms with E-state index in [-0.39, 0.29) is 6.61 Å². The van der Waals surface area contributed by atoms with Crippen LogP contribution >= 0.6 is 0 Å². The molecule has 0 bridgehead atoms. The standard InChI is InChI=1S/C11H10F4O3/c1-2-17-10(16)9(12)7-5-3-4-6-8(7)18-11(13,14)15/h3-6,9H,2H2,1H3. The maximum atomic E-state index is 13.6. The van der Waals surface area contributed by atoms with Gasteiger partial charge in [0, 0.05) is 5.56 Å². The Kier molecular flexibility index (Phi) is 4.52. The summed E-state index contributed by atoms with van der Waals surface area (Å²) in [5.74, 6) is -2.01. The zero-order valence-corrected chi connectivity index (χ0v) is 9.33. The van der Waals surface area contributed by atoms with Crippen molar-refractivity contribution in [1.82, 2.24) is 0 Å². The fourth-order valence-corrected chi connectivity index (χ4v) is 1.25. The van der Waals surface area contributed by atoms with Gasteiger partial charge >= 0.3 is 12.3 Å². The lowest BCUT2D eigenvalue weighted by Gasteiger charge is -2.14. The van der Waals surface area contributed by atoms with Crippen molar-refractivity contribution >= 4 is 5.97 Å². The summed E-state index contributed by atoms with van der Waals surface area (Å²) in [5, 5.41) is 0. The van der Waals surface area contributed by atoms with Crippen molar-refractivity contribution in [1.29, 1.82) is 0 Å². The molecule has 1 unspecified atom stereocenters. The first-order valence-corrected chi connectivity index (χ1v) is 5.00. The van der Waals surface area contributed by atoms with E-state index in [9.17, 15) is 22.4 Å². The number of hydrogen-bond donors (Lipinski definition) is 0. The van der Waals surface area contributed by atoms with E-state index in [1.54, 1.807) is 0 Å². The lowest BCUT2D eigenvalue weighted by Crippen LogP contribution is -2.20. The predicted octanol–water partition coefficient (Wildman–Crippen LogP) is 3.16. The molecule has 0 amide bonds. The molecular formula is C11H10F4O3. The number of carbonyl (C=O) groups excluding carboxylic acids is 1. The van der Waals surface area contributed by atoms with Crippen LogP contribution in [-0.4, -0.2) is 18.9 Å². The predicted molar refractivity (Wildman–Crippen MR) is 53.6 cm³/mol. The quantitative estimate of drug-likeness (QED) is 0.620. The molecule has 0 spiro atoms. The average Bonchev–Trinajstić information content (AvgIpc) is 2.27. The fourth-order valence-electron chi connectivity index (χ4n) is 1.25. The highest BCUT2D eigenvalue weighted by atomic mass is 19.4. The van der Waals surface area contributed by atoms with Crippen LogP contribution in [0, 0.1) is 0 Å². The summed E-state index contributed by atoms with van der Waals surface area (Å²) in [5.41, 5.74) is -0.520. The van der Waals surface area contributed by atoms with Crippen LogP contribution in [0.25, 0.3) is 0 Å². The average molecular weight is 266 g/mol. The molecule has 0 saturated carbocycles. The van der Waals surface area contributed by atoms with Gasteiger partial charge in [-0.05, 0) is 13.0 Å². The Hall–Kier alpha value is -1.79. The number of halogens is 4. The molecule has 0 aliphatic rings. The molecule has 0 aliphatic carbocycles. The number of esters is 1. The summed E-state index contributed by atoms with van der Waals surface area (Å²) in [4.78, 5) is 11.1. The molecule has 1 aromatic rings. The van der Waals surface area contributed by atoms with E-state index >= 15 is 0 Å². The third kappa shape index (κ3) is 3.90. The first-order valence-electron chi connectivity index (χ1n) is 5.00. The number of ether oxygens (including phenoxy) is 2. The SMILES string of the molecule is CCOC(=O)C(F)c1ccccc1OC(F)(F)F. The summed E-state index contributed by atoms with van der Waals surface area (Å²) >= 11 is 0. The minimum Gasteiger partial charge on any atom is -0.464 e. The maximum Gasteiger partial charge on any atom is 0.573 e. The summed E-state index contributed by atoms with van der Waals surface area (Å²) in [6.45, 7) is 1.39. The lowest BCUT2D eigenvalue weighted by atomic mass is 10.1. The van der Waals surface area contributed by atoms with Crippen molar-refractivity contribution < 1.29 is 31.8 Å². The van der Waals surface area contributed by atoms with Crippen LogP contribution in [0.3, 0.4) is 0 Å². The first-order chi connectivity index (χ1) is 8.35. The van der Waals surface area contributed by atoms with E-state index in [4.69, 9.17) is 0 Å². The molecule has 0 aliphatic heterocycles. The largest absolute Gasteiger partial charge is 0.573 e. The Morgan fingerprint density at radius 1 is 1.33 bits per heavy atom. The fraction of sp³-hybridized carbons (Fsp3) is 0.364. The van der Waals surface area contributed by atoms with Crippen molar-refractivity contribution in [3.63, 3.8) is 0 Å². The monoisotopic (exact) mass is 266 g/mol. The van der Waals surface area contributed by atoms with Gasteiger partial charge in [-0.25, -0.2) is 9.18 Å². The molecule has 0 radical (unpaired) electrons. The van der Waals surface area contributed by atoms with Crippen molar-refractivity contribution in [3.05, 3.63) is 29.8 Å². The summed E-state index contributed by atoms with van der Waals surface area (Å²) in [6.07, 6.45) is -7.27. The van der Waals surface area contributed by atoms with Gasteiger partial charge in [0.05, 0.1) is 6.61 Å². The highest BCUT2D eigenvalue weighted by Gasteiger charge is 2.34. The van der Waals surface area contributed by atoms with Gasteiger partial charge in [-0.2, -0.15) is 0 Å². The van der Waals surface area contributed by atoms with Crippen LogP contribution < -0.4 is 4.74 Å². The zero-order chi connectivity index (χ0) is 13.8. The molecule has 1 rings (SSSR count). The molecule has 0 heterocycles. The molecule has 3 nitrogen and oxygen atoms in total. The molecule has 1 aromatic carbocycles. The second kappa shape index (κ2) is 5.70. The van der Waals surface area contributed by atoms with Gasteiger partial charge in [-0.3, -0.25) is 0 Å². The van der Waals surface area contributed by atoms with E-state index in [1.165, 1.54) is 19.1 Å². The van der Waals surface area contributed by atoms with Crippen molar-refractivity contribution in [3.8, 4) is 5.75 Å². The number of benzene rings is 1. The number of carbonyl (C=O) groups is 1. The maximum absolute atomic E-state index is 13.6. The van der Waals surface area contributed by atoms with Crippen molar-refractivity contribution in [2.45, 2.75) is 19.5 Å². The molecule has 1 atom stereocenters. The smallest absolute Gasteiger partial charge is 0.464 e. The minimum atomic E-state index is -4.95. The Bertz CT molecular complexity index is 417. The number of hydrogen-bond acceptors (Lipinski definition) is 3. The van der Waals surface area contributed by atoms with Gasteiger partial charge in [0.1, 0.15) is 5.75 Å². The van der Waals surface area contributed by atoms with Gasteiger partial charge < -0.3 is 9.47 Å². The molecule has 0 fully saturated rings. The third-order valence-electron chi connectivity index (χ3n) is 1.91. The number of alkyl halides is 4. The Morgan fingerprint density at radius 2 is 1.94 bits per heavy atom. The van der Waals surface area contributed by atoms with Crippen LogP contribution in [-0.2, 0) is 9.53 Å². The Morgan fingerprint density at radius 3 is 2.50 bits per heavy atom. The van der Waals surface area contributed by atoms with Gasteiger partial charge in [0.15, 0.2) is 0 Å². The van der Waals surface area contributed by atoms with Crippen LogP contribution in [0.2, 0.25) is 0 Å².